The minimum absolute atomic E-state index is 0.0557. The maximum atomic E-state index is 10.8. The first-order chi connectivity index (χ1) is 9.47. The van der Waals surface area contributed by atoms with Gasteiger partial charge in [-0.1, -0.05) is 0 Å². The lowest BCUT2D eigenvalue weighted by Crippen LogP contribution is -1.95. The van der Waals surface area contributed by atoms with Crippen molar-refractivity contribution in [3.63, 3.8) is 0 Å². The first-order valence-electron chi connectivity index (χ1n) is 5.45. The number of nitrogen functional groups attached to an aromatic ring is 1. The molecule has 20 heavy (non-hydrogen) atoms. The molecule has 4 N–H and O–H groups in total. The van der Waals surface area contributed by atoms with Crippen LogP contribution in [0.15, 0.2) is 22.6 Å². The quantitative estimate of drug-likeness (QED) is 0.450. The summed E-state index contributed by atoms with van der Waals surface area (Å²) in [6.45, 7) is 1.58. The Labute approximate surface area is 117 Å². The maximum Gasteiger partial charge on any atom is 0.270 e. The van der Waals surface area contributed by atoms with E-state index in [4.69, 9.17) is 5.73 Å². The molecule has 1 aromatic carbocycles. The molecule has 1 aromatic heterocycles. The number of aromatic hydroxyl groups is 1. The number of non-ortho nitro benzene ring substituents is 1. The normalized spacial score (nSPS) is 10.8. The summed E-state index contributed by atoms with van der Waals surface area (Å²) in [5.41, 5.74) is 8.61. The Hall–Kier alpha value is -2.68. The van der Waals surface area contributed by atoms with Gasteiger partial charge in [0.05, 0.1) is 11.1 Å². The molecule has 0 saturated heterocycles. The van der Waals surface area contributed by atoms with Crippen LogP contribution in [0.25, 0.3) is 0 Å². The summed E-state index contributed by atoms with van der Waals surface area (Å²) in [4.78, 5) is 14.2. The molecular weight excluding hydrogens is 282 g/mol. The van der Waals surface area contributed by atoms with Crippen LogP contribution in [0.5, 0.6) is 5.75 Å². The average Bonchev–Trinajstić information content (AvgIpc) is 2.80. The molecule has 0 amide bonds. The minimum atomic E-state index is -0.529. The number of phenols is 1. The number of benzene rings is 1. The Morgan fingerprint density at radius 3 is 2.95 bits per heavy atom. The van der Waals surface area contributed by atoms with Gasteiger partial charge in [-0.25, -0.2) is 4.98 Å². The van der Waals surface area contributed by atoms with Crippen LogP contribution in [0.3, 0.4) is 0 Å². The Morgan fingerprint density at radius 2 is 2.35 bits per heavy atom. The standard InChI is InChI=1S/C11H11N5O3S/c1-6-2-8(16(18)19)3-7(10(6)17)4-13-15-11-14-9(12)5-20-11/h2-5,17H,12H2,1H3,(H,14,15). The molecule has 0 fully saturated rings. The van der Waals surface area contributed by atoms with E-state index in [1.165, 1.54) is 29.7 Å². The van der Waals surface area contributed by atoms with Crippen molar-refractivity contribution in [3.05, 3.63) is 38.8 Å². The summed E-state index contributed by atoms with van der Waals surface area (Å²) in [6.07, 6.45) is 1.28. The SMILES string of the molecule is Cc1cc([N+](=O)[O-])cc(C=NNc2nc(N)cs2)c1O. The van der Waals surface area contributed by atoms with Gasteiger partial charge >= 0.3 is 0 Å². The highest BCUT2D eigenvalue weighted by Crippen LogP contribution is 2.26. The lowest BCUT2D eigenvalue weighted by Gasteiger charge is -2.03. The topological polar surface area (TPSA) is 127 Å². The van der Waals surface area contributed by atoms with Gasteiger partial charge in [0.2, 0.25) is 5.13 Å². The molecule has 0 aliphatic carbocycles. The minimum Gasteiger partial charge on any atom is -0.507 e. The molecule has 2 aromatic rings. The van der Waals surface area contributed by atoms with Crippen molar-refractivity contribution in [2.45, 2.75) is 6.92 Å². The third-order valence-electron chi connectivity index (χ3n) is 2.41. The first-order valence-corrected chi connectivity index (χ1v) is 6.33. The first kappa shape index (κ1) is 13.7. The highest BCUT2D eigenvalue weighted by atomic mass is 32.1. The number of rotatable bonds is 4. The van der Waals surface area contributed by atoms with Crippen molar-refractivity contribution >= 4 is 34.2 Å². The Kier molecular flexibility index (Phi) is 3.80. The number of hydrogen-bond donors (Lipinski definition) is 3. The number of nitro groups is 1. The van der Waals surface area contributed by atoms with E-state index in [1.807, 2.05) is 0 Å². The second kappa shape index (κ2) is 5.53. The molecule has 0 unspecified atom stereocenters. The molecule has 0 radical (unpaired) electrons. The molecule has 8 nitrogen and oxygen atoms in total. The van der Waals surface area contributed by atoms with Crippen LogP contribution in [0.4, 0.5) is 16.6 Å². The van der Waals surface area contributed by atoms with E-state index in [2.05, 4.69) is 15.5 Å². The molecule has 0 atom stereocenters. The number of phenolic OH excluding ortho intramolecular Hbond substituents is 1. The maximum absolute atomic E-state index is 10.8. The van der Waals surface area contributed by atoms with E-state index in [9.17, 15) is 15.2 Å². The molecule has 0 saturated carbocycles. The molecule has 104 valence electrons. The predicted octanol–water partition coefficient (Wildman–Crippen LogP) is 2.09. The zero-order valence-electron chi connectivity index (χ0n) is 10.4. The Bertz CT molecular complexity index is 683. The fourth-order valence-corrected chi connectivity index (χ4v) is 2.03. The number of hydrogen-bond acceptors (Lipinski definition) is 8. The van der Waals surface area contributed by atoms with Gasteiger partial charge in [-0.15, -0.1) is 11.3 Å². The molecule has 0 bridgehead atoms. The van der Waals surface area contributed by atoms with Gasteiger partial charge in [0.25, 0.3) is 5.69 Å². The molecule has 0 spiro atoms. The molecule has 1 heterocycles. The van der Waals surface area contributed by atoms with Crippen LogP contribution in [0.2, 0.25) is 0 Å². The summed E-state index contributed by atoms with van der Waals surface area (Å²) < 4.78 is 0. The monoisotopic (exact) mass is 293 g/mol. The van der Waals surface area contributed by atoms with E-state index >= 15 is 0 Å². The second-order valence-corrected chi connectivity index (χ2v) is 4.76. The number of nitrogens with zero attached hydrogens (tertiary/aromatic N) is 3. The van der Waals surface area contributed by atoms with Crippen LogP contribution in [0, 0.1) is 17.0 Å². The number of nitrogens with one attached hydrogen (secondary N) is 1. The Balaban J connectivity index is 2.21. The van der Waals surface area contributed by atoms with E-state index < -0.39 is 4.92 Å². The van der Waals surface area contributed by atoms with Crippen molar-refractivity contribution in [1.82, 2.24) is 4.98 Å². The van der Waals surface area contributed by atoms with Gasteiger partial charge < -0.3 is 10.8 Å². The summed E-state index contributed by atoms with van der Waals surface area (Å²) >= 11 is 1.27. The molecule has 0 aliphatic rings. The molecular formula is C11H11N5O3S. The lowest BCUT2D eigenvalue weighted by atomic mass is 10.1. The number of nitrogens with two attached hydrogens (primary N) is 1. The number of aryl methyl sites for hydroxylation is 1. The zero-order chi connectivity index (χ0) is 14.7. The third kappa shape index (κ3) is 3.01. The van der Waals surface area contributed by atoms with Gasteiger partial charge in [-0.05, 0) is 12.5 Å². The fourth-order valence-electron chi connectivity index (χ4n) is 1.49. The number of thiazole rings is 1. The smallest absolute Gasteiger partial charge is 0.270 e. The van der Waals surface area contributed by atoms with Crippen molar-refractivity contribution in [3.8, 4) is 5.75 Å². The van der Waals surface area contributed by atoms with Gasteiger partial charge in [0, 0.05) is 23.1 Å². The van der Waals surface area contributed by atoms with Crippen LogP contribution in [-0.4, -0.2) is 21.2 Å². The van der Waals surface area contributed by atoms with Crippen LogP contribution in [0.1, 0.15) is 11.1 Å². The molecule has 9 heteroatoms. The third-order valence-corrected chi connectivity index (χ3v) is 3.18. The number of nitro benzene ring substituents is 1. The van der Waals surface area contributed by atoms with Crippen molar-refractivity contribution in [1.29, 1.82) is 0 Å². The van der Waals surface area contributed by atoms with Crippen LogP contribution < -0.4 is 11.2 Å². The van der Waals surface area contributed by atoms with Gasteiger partial charge in [0.1, 0.15) is 11.6 Å². The van der Waals surface area contributed by atoms with Gasteiger partial charge in [-0.2, -0.15) is 5.10 Å². The Morgan fingerprint density at radius 1 is 1.60 bits per heavy atom. The summed E-state index contributed by atoms with van der Waals surface area (Å²) in [5.74, 6) is 0.321. The van der Waals surface area contributed by atoms with E-state index in [1.54, 1.807) is 12.3 Å². The number of aromatic nitrogens is 1. The molecule has 0 aliphatic heterocycles. The highest BCUT2D eigenvalue weighted by Gasteiger charge is 2.12. The van der Waals surface area contributed by atoms with E-state index in [0.29, 0.717) is 16.5 Å². The number of hydrazone groups is 1. The van der Waals surface area contributed by atoms with Crippen molar-refractivity contribution in [2.24, 2.45) is 5.10 Å². The number of anilines is 2. The predicted molar refractivity (Wildman–Crippen MR) is 77.2 cm³/mol. The van der Waals surface area contributed by atoms with Crippen molar-refractivity contribution < 1.29 is 10.0 Å². The zero-order valence-corrected chi connectivity index (χ0v) is 11.2. The fraction of sp³-hybridized carbons (Fsp3) is 0.0909. The van der Waals surface area contributed by atoms with E-state index in [-0.39, 0.29) is 17.0 Å². The largest absolute Gasteiger partial charge is 0.507 e. The van der Waals surface area contributed by atoms with Gasteiger partial charge in [-0.3, -0.25) is 15.5 Å². The second-order valence-electron chi connectivity index (χ2n) is 3.91. The summed E-state index contributed by atoms with van der Waals surface area (Å²) in [7, 11) is 0. The van der Waals surface area contributed by atoms with Crippen LogP contribution in [-0.2, 0) is 0 Å². The van der Waals surface area contributed by atoms with Gasteiger partial charge in [0.15, 0.2) is 0 Å². The summed E-state index contributed by atoms with van der Waals surface area (Å²) in [6, 6.07) is 2.53. The molecule has 2 rings (SSSR count). The summed E-state index contributed by atoms with van der Waals surface area (Å²) in [5, 5.41) is 26.6. The average molecular weight is 293 g/mol. The van der Waals surface area contributed by atoms with E-state index in [0.717, 1.165) is 0 Å². The van der Waals surface area contributed by atoms with Crippen molar-refractivity contribution in [2.75, 3.05) is 11.2 Å². The highest BCUT2D eigenvalue weighted by molar-refractivity contribution is 7.14. The van der Waals surface area contributed by atoms with Crippen LogP contribution >= 0.6 is 11.3 Å². The lowest BCUT2D eigenvalue weighted by molar-refractivity contribution is -0.384.